The largest absolute Gasteiger partial charge is 0.302 e. The van der Waals surface area contributed by atoms with Crippen molar-refractivity contribution in [3.63, 3.8) is 0 Å². The van der Waals surface area contributed by atoms with Gasteiger partial charge < -0.3 is 5.43 Å². The van der Waals surface area contributed by atoms with Crippen molar-refractivity contribution in [3.8, 4) is 0 Å². The van der Waals surface area contributed by atoms with Gasteiger partial charge in [-0.2, -0.15) is 0 Å². The number of rotatable bonds is 4. The Morgan fingerprint density at radius 1 is 0.950 bits per heavy atom. The fraction of sp³-hybridized carbons (Fsp3) is 0.176. The summed E-state index contributed by atoms with van der Waals surface area (Å²) in [4.78, 5) is 0. The second-order valence-electron chi connectivity index (χ2n) is 4.89. The van der Waals surface area contributed by atoms with E-state index in [4.69, 9.17) is 0 Å². The Kier molecular flexibility index (Phi) is 3.70. The van der Waals surface area contributed by atoms with E-state index in [0.717, 1.165) is 12.1 Å². The van der Waals surface area contributed by atoms with Crippen LogP contribution in [0.4, 0.5) is 0 Å². The molecule has 1 unspecified atom stereocenters. The second-order valence-corrected chi connectivity index (χ2v) is 4.89. The van der Waals surface area contributed by atoms with E-state index >= 15 is 0 Å². The molecule has 0 saturated heterocycles. The maximum atomic E-state index is 3.25. The number of hydrogen-bond donors (Lipinski definition) is 2. The molecule has 2 aromatic rings. The highest BCUT2D eigenvalue weighted by Gasteiger charge is 2.21. The average Bonchev–Trinajstić information content (AvgIpc) is 3.00. The lowest BCUT2D eigenvalue weighted by atomic mass is 10.0. The Morgan fingerprint density at radius 2 is 1.60 bits per heavy atom. The van der Waals surface area contributed by atoms with Crippen molar-refractivity contribution >= 4 is 5.70 Å². The van der Waals surface area contributed by atoms with Gasteiger partial charge in [0, 0.05) is 11.8 Å². The van der Waals surface area contributed by atoms with Gasteiger partial charge in [-0.05, 0) is 12.0 Å². The van der Waals surface area contributed by atoms with Gasteiger partial charge in [0.2, 0.25) is 0 Å². The summed E-state index contributed by atoms with van der Waals surface area (Å²) in [5, 5.41) is 2.14. The molecule has 20 heavy (non-hydrogen) atoms. The van der Waals surface area contributed by atoms with Gasteiger partial charge >= 0.3 is 0 Å². The lowest BCUT2D eigenvalue weighted by Crippen LogP contribution is -2.38. The molecule has 0 aliphatic carbocycles. The molecule has 102 valence electrons. The third-order valence-corrected chi connectivity index (χ3v) is 3.58. The summed E-state index contributed by atoms with van der Waals surface area (Å²) in [5.41, 5.74) is 10.1. The van der Waals surface area contributed by atoms with Crippen molar-refractivity contribution < 1.29 is 0 Å². The summed E-state index contributed by atoms with van der Waals surface area (Å²) < 4.78 is 0. The molecule has 2 N–H and O–H groups in total. The molecule has 3 nitrogen and oxygen atoms in total. The molecule has 0 saturated carbocycles. The normalized spacial score (nSPS) is 15.7. The summed E-state index contributed by atoms with van der Waals surface area (Å²) >= 11 is 0. The van der Waals surface area contributed by atoms with Crippen molar-refractivity contribution in [2.45, 2.75) is 19.4 Å². The third-order valence-electron chi connectivity index (χ3n) is 3.58. The summed E-state index contributed by atoms with van der Waals surface area (Å²) in [6.45, 7) is 2.20. The summed E-state index contributed by atoms with van der Waals surface area (Å²) in [6, 6.07) is 21.2. The smallest absolute Gasteiger partial charge is 0.0752 e. The number of nitrogens with zero attached hydrogens (tertiary/aromatic N) is 1. The van der Waals surface area contributed by atoms with Gasteiger partial charge in [0.15, 0.2) is 0 Å². The Hall–Kier alpha value is -2.26. The van der Waals surface area contributed by atoms with E-state index < -0.39 is 0 Å². The first-order chi connectivity index (χ1) is 9.88. The van der Waals surface area contributed by atoms with Crippen LogP contribution in [0.2, 0.25) is 0 Å². The molecule has 0 fully saturated rings. The van der Waals surface area contributed by atoms with Gasteiger partial charge in [-0.1, -0.05) is 67.6 Å². The zero-order valence-electron chi connectivity index (χ0n) is 11.6. The molecule has 0 bridgehead atoms. The molecular weight excluding hydrogens is 246 g/mol. The number of hydrazine groups is 2. The Balaban J connectivity index is 1.83. The molecule has 0 radical (unpaired) electrons. The Labute approximate surface area is 119 Å². The van der Waals surface area contributed by atoms with Crippen LogP contribution in [-0.2, 0) is 0 Å². The van der Waals surface area contributed by atoms with Crippen LogP contribution in [0.25, 0.3) is 5.70 Å². The summed E-state index contributed by atoms with van der Waals surface area (Å²) in [7, 11) is 0. The van der Waals surface area contributed by atoms with E-state index in [1.165, 1.54) is 11.1 Å². The first kappa shape index (κ1) is 12.8. The molecule has 2 aromatic carbocycles. The highest BCUT2D eigenvalue weighted by molar-refractivity contribution is 5.64. The summed E-state index contributed by atoms with van der Waals surface area (Å²) in [5.74, 6) is 0. The van der Waals surface area contributed by atoms with Gasteiger partial charge in [0.1, 0.15) is 0 Å². The Bertz CT molecular complexity index is 578. The van der Waals surface area contributed by atoms with Gasteiger partial charge in [-0.25, -0.2) is 0 Å². The van der Waals surface area contributed by atoms with E-state index in [9.17, 15) is 0 Å². The minimum Gasteiger partial charge on any atom is -0.302 e. The fourth-order valence-corrected chi connectivity index (χ4v) is 2.53. The fourth-order valence-electron chi connectivity index (χ4n) is 2.53. The van der Waals surface area contributed by atoms with E-state index in [0.29, 0.717) is 6.04 Å². The Morgan fingerprint density at radius 3 is 2.25 bits per heavy atom. The lowest BCUT2D eigenvalue weighted by Gasteiger charge is -2.26. The highest BCUT2D eigenvalue weighted by Crippen LogP contribution is 2.26. The van der Waals surface area contributed by atoms with Gasteiger partial charge in [-0.3, -0.25) is 5.01 Å². The van der Waals surface area contributed by atoms with Crippen LogP contribution >= 0.6 is 0 Å². The van der Waals surface area contributed by atoms with Crippen LogP contribution in [0.15, 0.2) is 66.9 Å². The zero-order chi connectivity index (χ0) is 13.8. The third kappa shape index (κ3) is 2.53. The van der Waals surface area contributed by atoms with Gasteiger partial charge in [0.05, 0.1) is 11.7 Å². The first-order valence-electron chi connectivity index (χ1n) is 7.00. The molecule has 3 rings (SSSR count). The number of benzene rings is 2. The van der Waals surface area contributed by atoms with Crippen LogP contribution in [-0.4, -0.2) is 5.01 Å². The van der Waals surface area contributed by atoms with Crippen LogP contribution in [0.3, 0.4) is 0 Å². The van der Waals surface area contributed by atoms with Crippen molar-refractivity contribution in [3.05, 3.63) is 78.0 Å². The van der Waals surface area contributed by atoms with E-state index in [-0.39, 0.29) is 0 Å². The van der Waals surface area contributed by atoms with E-state index in [2.05, 4.69) is 83.7 Å². The van der Waals surface area contributed by atoms with Crippen LogP contribution in [0.1, 0.15) is 30.5 Å². The molecule has 0 spiro atoms. The van der Waals surface area contributed by atoms with Crippen molar-refractivity contribution in [2.75, 3.05) is 0 Å². The maximum Gasteiger partial charge on any atom is 0.0752 e. The van der Waals surface area contributed by atoms with Gasteiger partial charge in [-0.15, -0.1) is 5.53 Å². The molecular formula is C17H19N3. The predicted molar refractivity (Wildman–Crippen MR) is 82.0 cm³/mol. The highest BCUT2D eigenvalue weighted by atomic mass is 15.7. The molecule has 3 heteroatoms. The standard InChI is InChI=1S/C17H19N3/c1-2-17(15-11-7-4-8-12-15)20-13-16(18-19-20)14-9-5-3-6-10-14/h3-13,17-19H,2H2,1H3. The number of hydrogen-bond acceptors (Lipinski definition) is 3. The van der Waals surface area contributed by atoms with Crippen LogP contribution < -0.4 is 11.0 Å². The van der Waals surface area contributed by atoms with Gasteiger partial charge in [0.25, 0.3) is 0 Å². The summed E-state index contributed by atoms with van der Waals surface area (Å²) in [6.07, 6.45) is 3.17. The topological polar surface area (TPSA) is 27.3 Å². The molecule has 1 atom stereocenters. The SMILES string of the molecule is CCC(c1ccccc1)N1C=C(c2ccccc2)NN1. The lowest BCUT2D eigenvalue weighted by molar-refractivity contribution is 0.193. The second kappa shape index (κ2) is 5.80. The van der Waals surface area contributed by atoms with Crippen LogP contribution in [0, 0.1) is 0 Å². The molecule has 1 aliphatic heterocycles. The minimum absolute atomic E-state index is 0.324. The minimum atomic E-state index is 0.324. The monoisotopic (exact) mass is 265 g/mol. The quantitative estimate of drug-likeness (QED) is 0.886. The van der Waals surface area contributed by atoms with Crippen molar-refractivity contribution in [1.29, 1.82) is 0 Å². The maximum absolute atomic E-state index is 3.25. The van der Waals surface area contributed by atoms with Crippen LogP contribution in [0.5, 0.6) is 0 Å². The van der Waals surface area contributed by atoms with Crippen molar-refractivity contribution in [1.82, 2.24) is 16.0 Å². The predicted octanol–water partition coefficient (Wildman–Crippen LogP) is 3.46. The number of nitrogens with one attached hydrogen (secondary N) is 2. The molecule has 0 aromatic heterocycles. The average molecular weight is 265 g/mol. The van der Waals surface area contributed by atoms with E-state index in [1.807, 2.05) is 6.07 Å². The first-order valence-corrected chi connectivity index (χ1v) is 7.00. The van der Waals surface area contributed by atoms with E-state index in [1.54, 1.807) is 0 Å². The molecule has 0 amide bonds. The molecule has 1 heterocycles. The van der Waals surface area contributed by atoms with Crippen molar-refractivity contribution in [2.24, 2.45) is 0 Å². The molecule has 1 aliphatic rings. The zero-order valence-corrected chi connectivity index (χ0v) is 11.6.